The monoisotopic (exact) mass is 646 g/mol. The average molecular weight is 647 g/mol. The van der Waals surface area contributed by atoms with Gasteiger partial charge in [-0.15, -0.1) is 0 Å². The molecule has 0 unspecified atom stereocenters. The molecule has 0 bridgehead atoms. The molecular weight excluding hydrogens is 621 g/mol. The van der Waals surface area contributed by atoms with Crippen LogP contribution >= 0.6 is 0 Å². The summed E-state index contributed by atoms with van der Waals surface area (Å²) in [6, 6.07) is 57.9. The lowest BCUT2D eigenvalue weighted by molar-refractivity contribution is 1.18. The first-order chi connectivity index (χ1) is 25.2. The van der Waals surface area contributed by atoms with Gasteiger partial charge in [0.15, 0.2) is 5.69 Å². The van der Waals surface area contributed by atoms with Crippen molar-refractivity contribution in [2.75, 3.05) is 0 Å². The zero-order valence-electron chi connectivity index (χ0n) is 27.3. The Morgan fingerprint density at radius 2 is 1.10 bits per heavy atom. The van der Waals surface area contributed by atoms with Crippen LogP contribution < -0.4 is 0 Å². The molecule has 234 valence electrons. The summed E-state index contributed by atoms with van der Waals surface area (Å²) in [6.07, 6.45) is 0. The predicted octanol–water partition coefficient (Wildman–Crippen LogP) is 12.4. The molecule has 9 aromatic rings. The number of benzene rings is 8. The molecule has 8 aromatic carbocycles. The second kappa shape index (κ2) is 11.9. The third-order valence-corrected chi connectivity index (χ3v) is 9.87. The number of fused-ring (bicyclic) bond motifs is 5. The van der Waals surface area contributed by atoms with E-state index in [0.29, 0.717) is 16.8 Å². The van der Waals surface area contributed by atoms with E-state index in [4.69, 9.17) is 6.57 Å². The zero-order valence-corrected chi connectivity index (χ0v) is 27.3. The number of aromatic nitrogens is 1. The van der Waals surface area contributed by atoms with Gasteiger partial charge in [0.25, 0.3) is 0 Å². The lowest BCUT2D eigenvalue weighted by Gasteiger charge is -2.19. The molecule has 1 heterocycles. The summed E-state index contributed by atoms with van der Waals surface area (Å²) in [5.74, 6) is 0. The molecule has 1 aromatic heterocycles. The summed E-state index contributed by atoms with van der Waals surface area (Å²) in [7, 11) is 0. The molecule has 0 saturated heterocycles. The van der Waals surface area contributed by atoms with Crippen molar-refractivity contribution in [3.63, 3.8) is 0 Å². The van der Waals surface area contributed by atoms with E-state index in [-0.39, 0.29) is 0 Å². The molecule has 9 rings (SSSR count). The van der Waals surface area contributed by atoms with Gasteiger partial charge in [0, 0.05) is 22.0 Å². The Hall–Kier alpha value is -7.45. The Kier molecular flexibility index (Phi) is 6.93. The Labute approximate surface area is 294 Å². The van der Waals surface area contributed by atoms with Crippen LogP contribution in [-0.4, -0.2) is 4.57 Å². The summed E-state index contributed by atoms with van der Waals surface area (Å²) in [5, 5.41) is 26.8. The van der Waals surface area contributed by atoms with E-state index < -0.39 is 0 Å². The average Bonchev–Trinajstić information content (AvgIpc) is 3.53. The fourth-order valence-electron chi connectivity index (χ4n) is 7.67. The normalized spacial score (nSPS) is 11.1. The van der Waals surface area contributed by atoms with Gasteiger partial charge in [0.2, 0.25) is 0 Å². The van der Waals surface area contributed by atoms with Gasteiger partial charge in [0.1, 0.15) is 0 Å². The molecule has 0 N–H and O–H groups in total. The predicted molar refractivity (Wildman–Crippen MR) is 208 cm³/mol. The minimum absolute atomic E-state index is 0.506. The van der Waals surface area contributed by atoms with Gasteiger partial charge < -0.3 is 4.57 Å². The lowest BCUT2D eigenvalue weighted by atomic mass is 9.84. The van der Waals surface area contributed by atoms with E-state index in [1.54, 1.807) is 0 Å². The second-order valence-corrected chi connectivity index (χ2v) is 12.6. The van der Waals surface area contributed by atoms with Gasteiger partial charge >= 0.3 is 0 Å². The van der Waals surface area contributed by atoms with Crippen LogP contribution in [0.5, 0.6) is 0 Å². The van der Waals surface area contributed by atoms with E-state index >= 15 is 0 Å². The zero-order chi connectivity index (χ0) is 34.5. The molecule has 4 nitrogen and oxygen atoms in total. The van der Waals surface area contributed by atoms with Crippen LogP contribution in [0.2, 0.25) is 0 Å². The van der Waals surface area contributed by atoms with Gasteiger partial charge in [0.05, 0.1) is 40.9 Å². The minimum Gasteiger partial charge on any atom is -0.309 e. The first kappa shape index (κ1) is 29.7. The fraction of sp³-hybridized carbons (Fsp3) is 0. The minimum atomic E-state index is 0.506. The third-order valence-electron chi connectivity index (χ3n) is 9.87. The van der Waals surface area contributed by atoms with Gasteiger partial charge in [-0.1, -0.05) is 115 Å². The molecule has 0 atom stereocenters. The van der Waals surface area contributed by atoms with Crippen LogP contribution in [0.1, 0.15) is 11.1 Å². The van der Waals surface area contributed by atoms with Crippen LogP contribution in [0.3, 0.4) is 0 Å². The van der Waals surface area contributed by atoms with Gasteiger partial charge in [-0.05, 0) is 91.8 Å². The SMILES string of the molecule is [C-]#[N+]c1ccc(-n2c3ccccc3c3cc(C#N)ccc32)cc1-c1ccc(-c2c3ccccc3c(-c3ccccc3)c3ccccc23)c(C#N)c1. The molecule has 0 aliphatic heterocycles. The summed E-state index contributed by atoms with van der Waals surface area (Å²) in [4.78, 5) is 3.89. The van der Waals surface area contributed by atoms with Crippen molar-refractivity contribution in [2.24, 2.45) is 0 Å². The number of nitrogens with zero attached hydrogens (tertiary/aromatic N) is 4. The fourth-order valence-corrected chi connectivity index (χ4v) is 7.67. The van der Waals surface area contributed by atoms with E-state index in [1.165, 1.54) is 5.56 Å². The van der Waals surface area contributed by atoms with E-state index in [1.807, 2.05) is 72.8 Å². The highest BCUT2D eigenvalue weighted by molar-refractivity contribution is 6.21. The molecule has 0 spiro atoms. The van der Waals surface area contributed by atoms with Crippen molar-refractivity contribution in [2.45, 2.75) is 0 Å². The Morgan fingerprint density at radius 1 is 0.471 bits per heavy atom. The number of para-hydroxylation sites is 1. The summed E-state index contributed by atoms with van der Waals surface area (Å²) in [5.41, 5.74) is 10.3. The number of nitriles is 2. The van der Waals surface area contributed by atoms with Crippen molar-refractivity contribution in [3.8, 4) is 51.2 Å². The molecule has 0 aliphatic carbocycles. The smallest absolute Gasteiger partial charge is 0.195 e. The summed E-state index contributed by atoms with van der Waals surface area (Å²) in [6.45, 7) is 8.06. The number of hydrogen-bond donors (Lipinski definition) is 0. The van der Waals surface area contributed by atoms with Crippen LogP contribution in [0, 0.1) is 29.2 Å². The van der Waals surface area contributed by atoms with Gasteiger partial charge in [-0.25, -0.2) is 4.85 Å². The first-order valence-electron chi connectivity index (χ1n) is 16.7. The number of rotatable bonds is 4. The highest BCUT2D eigenvalue weighted by atomic mass is 15.0. The van der Waals surface area contributed by atoms with Crippen LogP contribution in [0.15, 0.2) is 158 Å². The van der Waals surface area contributed by atoms with Gasteiger partial charge in [-0.3, -0.25) is 0 Å². The second-order valence-electron chi connectivity index (χ2n) is 12.6. The number of hydrogen-bond acceptors (Lipinski definition) is 2. The lowest BCUT2D eigenvalue weighted by Crippen LogP contribution is -1.95. The highest BCUT2D eigenvalue weighted by Crippen LogP contribution is 2.45. The molecule has 0 aliphatic rings. The van der Waals surface area contributed by atoms with Crippen molar-refractivity contribution >= 4 is 49.0 Å². The van der Waals surface area contributed by atoms with Crippen molar-refractivity contribution < 1.29 is 0 Å². The van der Waals surface area contributed by atoms with Crippen molar-refractivity contribution in [1.82, 2.24) is 4.57 Å². The molecule has 0 saturated carbocycles. The van der Waals surface area contributed by atoms with Crippen molar-refractivity contribution in [3.05, 3.63) is 180 Å². The maximum absolute atomic E-state index is 10.7. The molecule has 0 amide bonds. The maximum Gasteiger partial charge on any atom is 0.195 e. The Morgan fingerprint density at radius 3 is 1.76 bits per heavy atom. The van der Waals surface area contributed by atoms with Crippen LogP contribution in [0.4, 0.5) is 5.69 Å². The largest absolute Gasteiger partial charge is 0.309 e. The Balaban J connectivity index is 1.26. The molecule has 4 heteroatoms. The van der Waals surface area contributed by atoms with E-state index in [9.17, 15) is 10.5 Å². The topological polar surface area (TPSA) is 56.9 Å². The summed E-state index contributed by atoms with van der Waals surface area (Å²) >= 11 is 0. The summed E-state index contributed by atoms with van der Waals surface area (Å²) < 4.78 is 2.18. The first-order valence-corrected chi connectivity index (χ1v) is 16.7. The highest BCUT2D eigenvalue weighted by Gasteiger charge is 2.20. The van der Waals surface area contributed by atoms with Crippen molar-refractivity contribution in [1.29, 1.82) is 10.5 Å². The molecule has 0 fully saturated rings. The standard InChI is InChI=1S/C47H26N4/c1-50-43-23-21-34(51-44-18-10-9-13-36(44)42-25-30(28-48)19-24-45(42)51)27-41(43)32-20-22-35(33(26-32)29-49)47-39-16-7-5-14-37(39)46(31-11-3-2-4-12-31)38-15-6-8-17-40(38)47/h2-27H. The Bertz CT molecular complexity index is 2940. The molecule has 0 radical (unpaired) electrons. The molecule has 51 heavy (non-hydrogen) atoms. The van der Waals surface area contributed by atoms with E-state index in [0.717, 1.165) is 76.9 Å². The molecular formula is C47H26N4. The van der Waals surface area contributed by atoms with Crippen LogP contribution in [-0.2, 0) is 0 Å². The quantitative estimate of drug-likeness (QED) is 0.141. The third kappa shape index (κ3) is 4.66. The van der Waals surface area contributed by atoms with Gasteiger partial charge in [-0.2, -0.15) is 10.5 Å². The maximum atomic E-state index is 10.7. The van der Waals surface area contributed by atoms with Crippen LogP contribution in [0.25, 0.3) is 87.3 Å². The van der Waals surface area contributed by atoms with E-state index in [2.05, 4.69) is 106 Å².